The predicted molar refractivity (Wildman–Crippen MR) is 173 cm³/mol. The van der Waals surface area contributed by atoms with E-state index < -0.39 is 27.9 Å². The highest BCUT2D eigenvalue weighted by Crippen LogP contribution is 2.38. The number of carbonyl (C=O) groups is 3. The third-order valence-electron chi connectivity index (χ3n) is 9.15. The van der Waals surface area contributed by atoms with Crippen LogP contribution in [0, 0.1) is 0 Å². The number of anilines is 1. The molecule has 1 aromatic heterocycles. The number of urea groups is 1. The van der Waals surface area contributed by atoms with E-state index in [0.29, 0.717) is 29.1 Å². The highest BCUT2D eigenvalue weighted by Gasteiger charge is 2.38. The maximum Gasteiger partial charge on any atom is 0.321 e. The van der Waals surface area contributed by atoms with E-state index in [1.54, 1.807) is 12.1 Å². The molecule has 0 unspecified atom stereocenters. The maximum atomic E-state index is 14.1. The third-order valence-corrected chi connectivity index (χ3v) is 12.3. The summed E-state index contributed by atoms with van der Waals surface area (Å²) in [4.78, 5) is 42.1. The van der Waals surface area contributed by atoms with E-state index >= 15 is 0 Å². The fraction of sp³-hybridized carbons (Fsp3) is 0.594. The number of hydrogen-bond donors (Lipinski definition) is 3. The van der Waals surface area contributed by atoms with Gasteiger partial charge >= 0.3 is 6.03 Å². The lowest BCUT2D eigenvalue weighted by atomic mass is 9.91. The zero-order valence-corrected chi connectivity index (χ0v) is 27.5. The van der Waals surface area contributed by atoms with Gasteiger partial charge in [-0.25, -0.2) is 13.2 Å². The minimum atomic E-state index is -3.74. The Bertz CT molecular complexity index is 1430. The Hall–Kier alpha value is -2.80. The van der Waals surface area contributed by atoms with Crippen LogP contribution in [0.2, 0.25) is 0 Å². The summed E-state index contributed by atoms with van der Waals surface area (Å²) in [6, 6.07) is 5.58. The molecule has 44 heavy (non-hydrogen) atoms. The van der Waals surface area contributed by atoms with Gasteiger partial charge in [-0.1, -0.05) is 45.4 Å². The molecule has 0 spiro atoms. The number of hydrogen-bond acceptors (Lipinski definition) is 7. The van der Waals surface area contributed by atoms with Gasteiger partial charge in [0, 0.05) is 42.7 Å². The molecule has 5 rings (SSSR count). The second kappa shape index (κ2) is 14.5. The normalized spacial score (nSPS) is 18.5. The third kappa shape index (κ3) is 7.19. The van der Waals surface area contributed by atoms with Crippen molar-refractivity contribution in [2.75, 3.05) is 25.5 Å². The molecular weight excluding hydrogens is 599 g/mol. The van der Waals surface area contributed by atoms with Crippen LogP contribution in [0.5, 0.6) is 0 Å². The molecule has 3 N–H and O–H groups in total. The first-order valence-corrected chi connectivity index (χ1v) is 18.3. The number of thiophene rings is 1. The molecule has 2 aromatic rings. The quantitative estimate of drug-likeness (QED) is 0.332. The van der Waals surface area contributed by atoms with Crippen molar-refractivity contribution in [1.82, 2.24) is 19.8 Å². The van der Waals surface area contributed by atoms with Gasteiger partial charge in [-0.15, -0.1) is 11.3 Å². The molecule has 12 heteroatoms. The Morgan fingerprint density at radius 1 is 0.932 bits per heavy atom. The molecule has 0 radical (unpaired) electrons. The molecule has 4 amide bonds. The summed E-state index contributed by atoms with van der Waals surface area (Å²) in [5.74, 6) is -1.00. The van der Waals surface area contributed by atoms with Crippen molar-refractivity contribution in [3.63, 3.8) is 0 Å². The van der Waals surface area contributed by atoms with Crippen molar-refractivity contribution in [1.29, 1.82) is 0 Å². The summed E-state index contributed by atoms with van der Waals surface area (Å²) in [6.07, 6.45) is 11.7. The number of rotatable bonds is 9. The first kappa shape index (κ1) is 32.6. The van der Waals surface area contributed by atoms with Crippen LogP contribution >= 0.6 is 11.3 Å². The van der Waals surface area contributed by atoms with Gasteiger partial charge < -0.3 is 10.6 Å². The lowest BCUT2D eigenvalue weighted by molar-refractivity contribution is 0.0964. The fourth-order valence-corrected chi connectivity index (χ4v) is 10.2. The molecule has 0 atom stereocenters. The Morgan fingerprint density at radius 2 is 1.55 bits per heavy atom. The van der Waals surface area contributed by atoms with Crippen molar-refractivity contribution in [2.24, 2.45) is 0 Å². The molecule has 1 aromatic carbocycles. The van der Waals surface area contributed by atoms with Crippen LogP contribution in [-0.2, 0) is 23.0 Å². The van der Waals surface area contributed by atoms with E-state index in [4.69, 9.17) is 0 Å². The highest BCUT2D eigenvalue weighted by atomic mass is 32.2. The summed E-state index contributed by atoms with van der Waals surface area (Å²) in [7, 11) is -2.30. The molecule has 2 fully saturated rings. The van der Waals surface area contributed by atoms with Crippen LogP contribution in [0.4, 0.5) is 9.80 Å². The number of imide groups is 1. The average molecular weight is 644 g/mol. The van der Waals surface area contributed by atoms with E-state index in [2.05, 4.69) is 27.8 Å². The van der Waals surface area contributed by atoms with Gasteiger partial charge in [-0.2, -0.15) is 4.31 Å². The van der Waals surface area contributed by atoms with E-state index in [1.165, 1.54) is 30.5 Å². The molecule has 10 nitrogen and oxygen atoms in total. The summed E-state index contributed by atoms with van der Waals surface area (Å²) in [5.41, 5.74) is 1.46. The molecule has 1 aliphatic heterocycles. The van der Waals surface area contributed by atoms with Crippen LogP contribution in [0.25, 0.3) is 0 Å². The number of nitrogens with one attached hydrogen (secondary N) is 3. The van der Waals surface area contributed by atoms with Crippen LogP contribution in [0.3, 0.4) is 0 Å². The standard InChI is InChI=1S/C32H45N5O5S2/c1-3-19-36-20-18-26-27(21-36)43-31(28(26)30(39)35-32(40)33-2)34-29(38)22-14-16-25(17-15-22)44(41,42)37(23-10-6-4-7-11-23)24-12-8-5-9-13-24/h14-17,23-24H,3-13,18-21H2,1-2H3,(H,34,38)(H2,33,35,39,40). The maximum absolute atomic E-state index is 14.1. The van der Waals surface area contributed by atoms with Gasteiger partial charge in [-0.05, 0) is 74.9 Å². The summed E-state index contributed by atoms with van der Waals surface area (Å²) in [5, 5.41) is 8.02. The van der Waals surface area contributed by atoms with Crippen LogP contribution < -0.4 is 16.0 Å². The first-order chi connectivity index (χ1) is 21.2. The Balaban J connectivity index is 1.38. The molecular formula is C32H45N5O5S2. The van der Waals surface area contributed by atoms with Crippen molar-refractivity contribution >= 4 is 44.2 Å². The van der Waals surface area contributed by atoms with Gasteiger partial charge in [0.1, 0.15) is 5.00 Å². The highest BCUT2D eigenvalue weighted by molar-refractivity contribution is 7.89. The number of amides is 4. The van der Waals surface area contributed by atoms with Gasteiger partial charge in [0.2, 0.25) is 10.0 Å². The van der Waals surface area contributed by atoms with Crippen molar-refractivity contribution in [3.05, 3.63) is 45.8 Å². The Morgan fingerprint density at radius 3 is 2.11 bits per heavy atom. The summed E-state index contributed by atoms with van der Waals surface area (Å²) < 4.78 is 29.9. The number of sulfonamides is 1. The summed E-state index contributed by atoms with van der Waals surface area (Å²) >= 11 is 1.35. The van der Waals surface area contributed by atoms with Crippen molar-refractivity contribution in [2.45, 2.75) is 107 Å². The predicted octanol–water partition coefficient (Wildman–Crippen LogP) is 5.49. The van der Waals surface area contributed by atoms with Crippen LogP contribution in [0.15, 0.2) is 29.2 Å². The fourth-order valence-electron chi connectivity index (χ4n) is 6.96. The second-order valence-electron chi connectivity index (χ2n) is 12.2. The lowest BCUT2D eigenvalue weighted by Gasteiger charge is -2.40. The molecule has 2 aliphatic carbocycles. The number of nitrogens with zero attached hydrogens (tertiary/aromatic N) is 2. The molecule has 2 heterocycles. The molecule has 0 saturated heterocycles. The first-order valence-electron chi connectivity index (χ1n) is 16.1. The molecule has 2 saturated carbocycles. The van der Waals surface area contributed by atoms with Gasteiger partial charge in [0.05, 0.1) is 10.5 Å². The van der Waals surface area contributed by atoms with Crippen LogP contribution in [-0.4, -0.2) is 67.7 Å². The number of benzene rings is 1. The molecule has 3 aliphatic rings. The van der Waals surface area contributed by atoms with Gasteiger partial charge in [0.15, 0.2) is 0 Å². The second-order valence-corrected chi connectivity index (χ2v) is 15.1. The molecule has 240 valence electrons. The van der Waals surface area contributed by atoms with Crippen molar-refractivity contribution in [3.8, 4) is 0 Å². The Kier molecular flexibility index (Phi) is 10.8. The summed E-state index contributed by atoms with van der Waals surface area (Å²) in [6.45, 7) is 4.53. The van der Waals surface area contributed by atoms with E-state index in [0.717, 1.165) is 94.2 Å². The Labute approximate surface area is 265 Å². The zero-order valence-electron chi connectivity index (χ0n) is 25.8. The van der Waals surface area contributed by atoms with Crippen molar-refractivity contribution < 1.29 is 22.8 Å². The SMILES string of the molecule is CCCN1CCc2c(sc(NC(=O)c3ccc(S(=O)(=O)N(C4CCCCC4)C4CCCCC4)cc3)c2C(=O)NC(=O)NC)C1. The minimum absolute atomic E-state index is 0.0253. The largest absolute Gasteiger partial charge is 0.341 e. The van der Waals surface area contributed by atoms with Crippen LogP contribution in [0.1, 0.15) is 109 Å². The topological polar surface area (TPSA) is 128 Å². The molecule has 0 bridgehead atoms. The lowest BCUT2D eigenvalue weighted by Crippen LogP contribution is -2.48. The number of fused-ring (bicyclic) bond motifs is 1. The monoisotopic (exact) mass is 643 g/mol. The smallest absolute Gasteiger partial charge is 0.321 e. The number of carbonyl (C=O) groups excluding carboxylic acids is 3. The average Bonchev–Trinajstić information content (AvgIpc) is 3.39. The van der Waals surface area contributed by atoms with Gasteiger partial charge in [0.25, 0.3) is 11.8 Å². The van der Waals surface area contributed by atoms with E-state index in [9.17, 15) is 22.8 Å². The zero-order chi connectivity index (χ0) is 31.3. The minimum Gasteiger partial charge on any atom is -0.341 e. The van der Waals surface area contributed by atoms with E-state index in [1.807, 2.05) is 4.31 Å². The van der Waals surface area contributed by atoms with Gasteiger partial charge in [-0.3, -0.25) is 19.8 Å². The van der Waals surface area contributed by atoms with E-state index in [-0.39, 0.29) is 17.0 Å².